The monoisotopic (exact) mass is 287 g/mol. The first-order chi connectivity index (χ1) is 10.2. The van der Waals surface area contributed by atoms with Gasteiger partial charge in [0.25, 0.3) is 0 Å². The lowest BCUT2D eigenvalue weighted by Gasteiger charge is -2.60. The van der Waals surface area contributed by atoms with Crippen molar-refractivity contribution in [1.29, 1.82) is 0 Å². The largest absolute Gasteiger partial charge is 0.493 e. The molecule has 0 radical (unpaired) electrons. The molecule has 2 aliphatic carbocycles. The Labute approximate surface area is 124 Å². The van der Waals surface area contributed by atoms with Gasteiger partial charge in [-0.15, -0.1) is 0 Å². The van der Waals surface area contributed by atoms with E-state index in [0.717, 1.165) is 50.1 Å². The predicted molar refractivity (Wildman–Crippen MR) is 78.0 cm³/mol. The molecular formula is C17H21NO3. The molecule has 112 valence electrons. The van der Waals surface area contributed by atoms with Crippen LogP contribution in [0.25, 0.3) is 0 Å². The zero-order chi connectivity index (χ0) is 14.2. The van der Waals surface area contributed by atoms with Gasteiger partial charge in [0, 0.05) is 11.6 Å². The Bertz CT molecular complexity index is 631. The van der Waals surface area contributed by atoms with Crippen LogP contribution < -0.4 is 14.8 Å². The number of hydrogen-bond acceptors (Lipinski definition) is 4. The van der Waals surface area contributed by atoms with Crippen molar-refractivity contribution in [2.45, 2.75) is 55.3 Å². The minimum absolute atomic E-state index is 0.103. The van der Waals surface area contributed by atoms with Crippen LogP contribution in [0.1, 0.15) is 36.8 Å². The number of piperidine rings is 1. The molecular weight excluding hydrogens is 266 g/mol. The molecule has 2 bridgehead atoms. The van der Waals surface area contributed by atoms with Crippen molar-refractivity contribution >= 4 is 0 Å². The summed E-state index contributed by atoms with van der Waals surface area (Å²) in [6.45, 7) is 0.961. The van der Waals surface area contributed by atoms with Crippen LogP contribution in [0.5, 0.6) is 11.5 Å². The number of nitrogens with one attached hydrogen (secondary N) is 1. The first-order valence-electron chi connectivity index (χ1n) is 8.03. The Kier molecular flexibility index (Phi) is 2.19. The molecule has 21 heavy (non-hydrogen) atoms. The first-order valence-corrected chi connectivity index (χ1v) is 8.03. The molecule has 0 aromatic heterocycles. The molecule has 1 unspecified atom stereocenters. The van der Waals surface area contributed by atoms with E-state index in [9.17, 15) is 5.11 Å². The zero-order valence-corrected chi connectivity index (χ0v) is 12.3. The highest BCUT2D eigenvalue weighted by molar-refractivity contribution is 5.62. The Morgan fingerprint density at radius 1 is 1.38 bits per heavy atom. The van der Waals surface area contributed by atoms with Crippen LogP contribution in [0.4, 0.5) is 0 Å². The summed E-state index contributed by atoms with van der Waals surface area (Å²) in [5, 5.41) is 15.2. The highest BCUT2D eigenvalue weighted by Gasteiger charge is 2.69. The van der Waals surface area contributed by atoms with Crippen LogP contribution in [0.2, 0.25) is 0 Å². The van der Waals surface area contributed by atoms with Gasteiger partial charge < -0.3 is 19.9 Å². The van der Waals surface area contributed by atoms with Crippen molar-refractivity contribution in [3.05, 3.63) is 23.3 Å². The molecule has 2 aliphatic heterocycles. The van der Waals surface area contributed by atoms with Crippen LogP contribution in [-0.2, 0) is 11.8 Å². The van der Waals surface area contributed by atoms with E-state index in [1.165, 1.54) is 11.1 Å². The summed E-state index contributed by atoms with van der Waals surface area (Å²) < 4.78 is 11.9. The van der Waals surface area contributed by atoms with Crippen molar-refractivity contribution in [3.8, 4) is 11.5 Å². The van der Waals surface area contributed by atoms with Gasteiger partial charge in [0.2, 0.25) is 0 Å². The van der Waals surface area contributed by atoms with E-state index >= 15 is 0 Å². The molecule has 1 aromatic carbocycles. The smallest absolute Gasteiger partial charge is 0.165 e. The number of hydrogen-bond donors (Lipinski definition) is 2. The topological polar surface area (TPSA) is 50.7 Å². The maximum atomic E-state index is 11.6. The third-order valence-electron chi connectivity index (χ3n) is 6.39. The average Bonchev–Trinajstić information content (AvgIpc) is 2.80. The second-order valence-electron chi connectivity index (χ2n) is 6.99. The number of ether oxygens (including phenoxy) is 2. The normalized spacial score (nSPS) is 42.2. The fraction of sp³-hybridized carbons (Fsp3) is 0.647. The Morgan fingerprint density at radius 2 is 2.29 bits per heavy atom. The minimum Gasteiger partial charge on any atom is -0.493 e. The lowest BCUT2D eigenvalue weighted by Crippen LogP contribution is -2.74. The standard InChI is InChI=1S/C17H21NO3/c1-20-11-5-4-10-9-12-17(19)6-2-3-13-16(17,7-8-18-12)14(10)15(11)21-13/h4-5,12-13,18-19H,2-3,6-9H2,1H3/t12-,13?,16-,17-/m1/s1. The molecule has 1 saturated carbocycles. The average molecular weight is 287 g/mol. The molecule has 4 nitrogen and oxygen atoms in total. The van der Waals surface area contributed by atoms with Gasteiger partial charge in [-0.25, -0.2) is 0 Å². The van der Waals surface area contributed by atoms with Crippen molar-refractivity contribution in [2.24, 2.45) is 0 Å². The summed E-state index contributed by atoms with van der Waals surface area (Å²) in [5.74, 6) is 1.72. The predicted octanol–water partition coefficient (Wildman–Crippen LogP) is 1.53. The van der Waals surface area contributed by atoms with Crippen LogP contribution in [0.3, 0.4) is 0 Å². The zero-order valence-electron chi connectivity index (χ0n) is 12.3. The van der Waals surface area contributed by atoms with Crippen LogP contribution in [0.15, 0.2) is 12.1 Å². The van der Waals surface area contributed by atoms with E-state index in [-0.39, 0.29) is 17.6 Å². The summed E-state index contributed by atoms with van der Waals surface area (Å²) in [6.07, 6.45) is 4.89. The SMILES string of the molecule is COc1ccc2c3c1OC1CCC[C@@]4(O)[C@@H](C2)NCC[C@]314. The second-order valence-corrected chi connectivity index (χ2v) is 6.99. The number of rotatable bonds is 1. The van der Waals surface area contributed by atoms with Crippen molar-refractivity contribution < 1.29 is 14.6 Å². The van der Waals surface area contributed by atoms with Gasteiger partial charge in [-0.05, 0) is 50.3 Å². The van der Waals surface area contributed by atoms with E-state index in [0.29, 0.717) is 0 Å². The molecule has 1 saturated heterocycles. The van der Waals surface area contributed by atoms with Crippen molar-refractivity contribution in [3.63, 3.8) is 0 Å². The van der Waals surface area contributed by atoms with E-state index in [4.69, 9.17) is 9.47 Å². The highest BCUT2D eigenvalue weighted by atomic mass is 16.5. The summed E-state index contributed by atoms with van der Waals surface area (Å²) in [4.78, 5) is 0. The molecule has 1 spiro atoms. The van der Waals surface area contributed by atoms with Crippen LogP contribution >= 0.6 is 0 Å². The van der Waals surface area contributed by atoms with Crippen LogP contribution in [0, 0.1) is 0 Å². The third-order valence-corrected chi connectivity index (χ3v) is 6.39. The number of aliphatic hydroxyl groups is 1. The van der Waals surface area contributed by atoms with Gasteiger partial charge in [0.1, 0.15) is 6.10 Å². The quantitative estimate of drug-likeness (QED) is 0.822. The number of benzene rings is 1. The van der Waals surface area contributed by atoms with E-state index < -0.39 is 5.60 Å². The maximum absolute atomic E-state index is 11.6. The summed E-state index contributed by atoms with van der Waals surface area (Å²) in [7, 11) is 1.70. The minimum atomic E-state index is -0.668. The molecule has 2 fully saturated rings. The maximum Gasteiger partial charge on any atom is 0.165 e. The van der Waals surface area contributed by atoms with E-state index in [1.54, 1.807) is 7.11 Å². The first kappa shape index (κ1) is 12.3. The molecule has 4 aliphatic rings. The summed E-state index contributed by atoms with van der Waals surface area (Å²) in [5.41, 5.74) is 1.70. The van der Waals surface area contributed by atoms with Gasteiger partial charge in [-0.1, -0.05) is 6.07 Å². The fourth-order valence-corrected chi connectivity index (χ4v) is 5.59. The third kappa shape index (κ3) is 1.18. The molecule has 5 rings (SSSR count). The Morgan fingerprint density at radius 3 is 3.14 bits per heavy atom. The highest BCUT2D eigenvalue weighted by Crippen LogP contribution is 2.64. The van der Waals surface area contributed by atoms with Crippen LogP contribution in [-0.4, -0.2) is 36.5 Å². The molecule has 0 amide bonds. The van der Waals surface area contributed by atoms with Gasteiger partial charge in [-0.2, -0.15) is 0 Å². The second kappa shape index (κ2) is 3.73. The molecule has 1 aromatic rings. The van der Waals surface area contributed by atoms with Gasteiger partial charge >= 0.3 is 0 Å². The van der Waals surface area contributed by atoms with Gasteiger partial charge in [0.15, 0.2) is 11.5 Å². The Hall–Kier alpha value is -1.26. The lowest BCUT2D eigenvalue weighted by atomic mass is 9.49. The van der Waals surface area contributed by atoms with E-state index in [1.807, 2.05) is 6.07 Å². The molecule has 2 heterocycles. The van der Waals surface area contributed by atoms with Crippen molar-refractivity contribution in [1.82, 2.24) is 5.32 Å². The Balaban J connectivity index is 1.85. The summed E-state index contributed by atoms with van der Waals surface area (Å²) >= 11 is 0. The van der Waals surface area contributed by atoms with Gasteiger partial charge in [0.05, 0.1) is 18.1 Å². The summed E-state index contributed by atoms with van der Waals surface area (Å²) in [6, 6.07) is 4.34. The van der Waals surface area contributed by atoms with Gasteiger partial charge in [-0.3, -0.25) is 0 Å². The molecule has 2 N–H and O–H groups in total. The fourth-order valence-electron chi connectivity index (χ4n) is 5.59. The molecule has 4 heteroatoms. The molecule has 4 atom stereocenters. The number of methoxy groups -OCH3 is 1. The van der Waals surface area contributed by atoms with Crippen molar-refractivity contribution in [2.75, 3.05) is 13.7 Å². The van der Waals surface area contributed by atoms with E-state index in [2.05, 4.69) is 11.4 Å². The lowest BCUT2D eigenvalue weighted by molar-refractivity contribution is -0.149.